The van der Waals surface area contributed by atoms with E-state index in [0.29, 0.717) is 36.5 Å². The zero-order valence-corrected chi connectivity index (χ0v) is 18.5. The lowest BCUT2D eigenvalue weighted by Crippen LogP contribution is -2.30. The number of methoxy groups -OCH3 is 1. The number of nitro benzene ring substituents is 1. The van der Waals surface area contributed by atoms with Gasteiger partial charge in [-0.1, -0.05) is 0 Å². The Kier molecular flexibility index (Phi) is 8.20. The van der Waals surface area contributed by atoms with E-state index in [4.69, 9.17) is 9.47 Å². The van der Waals surface area contributed by atoms with Gasteiger partial charge >= 0.3 is 12.1 Å². The number of halogens is 3. The molecule has 1 heterocycles. The second kappa shape index (κ2) is 10.5. The molecule has 0 radical (unpaired) electrons. The largest absolute Gasteiger partial charge is 0.456 e. The molecule has 1 N–H and O–H groups in total. The number of hydrogen-bond acceptors (Lipinski definition) is 7. The highest BCUT2D eigenvalue weighted by Gasteiger charge is 2.33. The van der Waals surface area contributed by atoms with Crippen LogP contribution in [0, 0.1) is 24.0 Å². The molecule has 0 unspecified atom stereocenters. The van der Waals surface area contributed by atoms with Gasteiger partial charge in [-0.15, -0.1) is 0 Å². The highest BCUT2D eigenvalue weighted by atomic mass is 19.4. The standard InChI is InChI=1S/C21H24F3N3O6/c1-12-9-16(14(3)26(12)7-8-32-4)19(28)11-33-20(29)13(2)25-17-6-5-15(21(22,23)24)10-18(17)27(30)31/h5-6,9-10,13,25H,7-8,11H2,1-4H3/t13-/m1/s1. The van der Waals surface area contributed by atoms with Crippen LogP contribution in [0.3, 0.4) is 0 Å². The minimum atomic E-state index is -4.76. The van der Waals surface area contributed by atoms with E-state index in [1.54, 1.807) is 20.1 Å². The molecule has 0 fully saturated rings. The van der Waals surface area contributed by atoms with Gasteiger partial charge in [0.05, 0.1) is 17.1 Å². The number of esters is 1. The van der Waals surface area contributed by atoms with E-state index < -0.39 is 46.8 Å². The lowest BCUT2D eigenvalue weighted by Gasteiger charge is -2.15. The van der Waals surface area contributed by atoms with Crippen LogP contribution < -0.4 is 5.32 Å². The molecule has 0 bridgehead atoms. The van der Waals surface area contributed by atoms with Crippen molar-refractivity contribution in [2.45, 2.75) is 39.5 Å². The molecule has 180 valence electrons. The Morgan fingerprint density at radius 3 is 2.48 bits per heavy atom. The van der Waals surface area contributed by atoms with E-state index in [1.165, 1.54) is 6.92 Å². The summed E-state index contributed by atoms with van der Waals surface area (Å²) in [5.41, 5.74) is -0.408. The SMILES string of the molecule is COCCn1c(C)cc(C(=O)COC(=O)[C@@H](C)Nc2ccc(C(F)(F)F)cc2[N+](=O)[O-])c1C. The fourth-order valence-corrected chi connectivity index (χ4v) is 3.22. The fourth-order valence-electron chi connectivity index (χ4n) is 3.22. The van der Waals surface area contributed by atoms with Crippen molar-refractivity contribution in [2.75, 3.05) is 25.6 Å². The summed E-state index contributed by atoms with van der Waals surface area (Å²) in [7, 11) is 1.56. The van der Waals surface area contributed by atoms with Crippen LogP contribution in [0.25, 0.3) is 0 Å². The lowest BCUT2D eigenvalue weighted by atomic mass is 10.1. The topological polar surface area (TPSA) is 113 Å². The Balaban J connectivity index is 2.06. The Labute approximate surface area is 187 Å². The smallest absolute Gasteiger partial charge is 0.416 e. The first kappa shape index (κ1) is 25.8. The van der Waals surface area contributed by atoms with Gasteiger partial charge in [0.25, 0.3) is 5.69 Å². The van der Waals surface area contributed by atoms with Gasteiger partial charge in [0, 0.05) is 36.7 Å². The summed E-state index contributed by atoms with van der Waals surface area (Å²) in [6, 6.07) is 2.42. The molecule has 2 rings (SSSR count). The first-order valence-corrected chi connectivity index (χ1v) is 9.84. The number of hydrogen-bond donors (Lipinski definition) is 1. The molecule has 0 aliphatic heterocycles. The first-order chi connectivity index (χ1) is 15.4. The molecular formula is C21H24F3N3O6. The van der Waals surface area contributed by atoms with Crippen LogP contribution in [0.2, 0.25) is 0 Å². The maximum absolute atomic E-state index is 12.8. The van der Waals surface area contributed by atoms with E-state index in [-0.39, 0.29) is 5.69 Å². The molecule has 2 aromatic rings. The zero-order chi connectivity index (χ0) is 24.9. The van der Waals surface area contributed by atoms with Gasteiger partial charge < -0.3 is 19.4 Å². The monoisotopic (exact) mass is 471 g/mol. The summed E-state index contributed by atoms with van der Waals surface area (Å²) >= 11 is 0. The van der Waals surface area contributed by atoms with Crippen LogP contribution >= 0.6 is 0 Å². The van der Waals surface area contributed by atoms with E-state index in [1.807, 2.05) is 11.5 Å². The number of ether oxygens (including phenoxy) is 2. The van der Waals surface area contributed by atoms with Gasteiger partial charge in [-0.2, -0.15) is 13.2 Å². The van der Waals surface area contributed by atoms with Crippen molar-refractivity contribution in [2.24, 2.45) is 0 Å². The van der Waals surface area contributed by atoms with E-state index in [2.05, 4.69) is 5.32 Å². The molecule has 0 saturated heterocycles. The third kappa shape index (κ3) is 6.31. The quantitative estimate of drug-likeness (QED) is 0.242. The maximum Gasteiger partial charge on any atom is 0.416 e. The van der Waals surface area contributed by atoms with Gasteiger partial charge in [0.15, 0.2) is 6.61 Å². The van der Waals surface area contributed by atoms with Gasteiger partial charge in [-0.25, -0.2) is 4.79 Å². The van der Waals surface area contributed by atoms with Crippen molar-refractivity contribution in [3.8, 4) is 0 Å². The van der Waals surface area contributed by atoms with Crippen LogP contribution in [-0.4, -0.2) is 47.6 Å². The predicted molar refractivity (Wildman–Crippen MR) is 112 cm³/mol. The number of rotatable bonds is 10. The number of nitro groups is 1. The number of Topliss-reactive ketones (excluding diaryl/α,β-unsaturated/α-hetero) is 1. The molecule has 0 spiro atoms. The summed E-state index contributed by atoms with van der Waals surface area (Å²) < 4.78 is 50.4. The summed E-state index contributed by atoms with van der Waals surface area (Å²) in [5.74, 6) is -1.33. The van der Waals surface area contributed by atoms with Gasteiger partial charge in [0.1, 0.15) is 11.7 Å². The van der Waals surface area contributed by atoms with Crippen LogP contribution in [0.1, 0.15) is 34.2 Å². The van der Waals surface area contributed by atoms with Crippen molar-refractivity contribution in [1.82, 2.24) is 4.57 Å². The molecule has 0 aliphatic rings. The Hall–Kier alpha value is -3.41. The summed E-state index contributed by atoms with van der Waals surface area (Å²) in [5, 5.41) is 13.6. The van der Waals surface area contributed by atoms with Gasteiger partial charge in [-0.05, 0) is 39.0 Å². The number of anilines is 1. The number of nitrogens with zero attached hydrogens (tertiary/aromatic N) is 2. The van der Waals surface area contributed by atoms with Crippen molar-refractivity contribution in [3.63, 3.8) is 0 Å². The molecule has 12 heteroatoms. The van der Waals surface area contributed by atoms with Crippen molar-refractivity contribution >= 4 is 23.1 Å². The van der Waals surface area contributed by atoms with Crippen molar-refractivity contribution < 1.29 is 37.2 Å². The zero-order valence-electron chi connectivity index (χ0n) is 18.5. The highest BCUT2D eigenvalue weighted by molar-refractivity contribution is 5.99. The molecule has 1 atom stereocenters. The average Bonchev–Trinajstić information content (AvgIpc) is 3.02. The molecule has 1 aromatic heterocycles. The number of aromatic nitrogens is 1. The van der Waals surface area contributed by atoms with Crippen LogP contribution in [0.15, 0.2) is 24.3 Å². The molecule has 0 aliphatic carbocycles. The van der Waals surface area contributed by atoms with E-state index in [0.717, 1.165) is 11.8 Å². The highest BCUT2D eigenvalue weighted by Crippen LogP contribution is 2.35. The first-order valence-electron chi connectivity index (χ1n) is 9.84. The van der Waals surface area contributed by atoms with E-state index >= 15 is 0 Å². The number of alkyl halides is 3. The Morgan fingerprint density at radius 2 is 1.91 bits per heavy atom. The molecular weight excluding hydrogens is 447 g/mol. The Bertz CT molecular complexity index is 1050. The second-order valence-corrected chi connectivity index (χ2v) is 7.31. The molecule has 0 amide bonds. The van der Waals surface area contributed by atoms with Gasteiger partial charge in [0.2, 0.25) is 5.78 Å². The fraction of sp³-hybridized carbons (Fsp3) is 0.429. The number of nitrogens with one attached hydrogen (secondary N) is 1. The molecule has 33 heavy (non-hydrogen) atoms. The normalized spacial score (nSPS) is 12.3. The van der Waals surface area contributed by atoms with Gasteiger partial charge in [-0.3, -0.25) is 14.9 Å². The number of ketones is 1. The Morgan fingerprint density at radius 1 is 1.24 bits per heavy atom. The number of benzene rings is 1. The summed E-state index contributed by atoms with van der Waals surface area (Å²) in [6.45, 7) is 5.34. The van der Waals surface area contributed by atoms with Crippen LogP contribution in [0.4, 0.5) is 24.5 Å². The lowest BCUT2D eigenvalue weighted by molar-refractivity contribution is -0.384. The molecule has 0 saturated carbocycles. The number of carbonyl (C=O) groups is 2. The minimum Gasteiger partial charge on any atom is -0.456 e. The van der Waals surface area contributed by atoms with Crippen molar-refractivity contribution in [3.05, 3.63) is 56.9 Å². The number of aryl methyl sites for hydroxylation is 1. The van der Waals surface area contributed by atoms with Crippen LogP contribution in [0.5, 0.6) is 0 Å². The summed E-state index contributed by atoms with van der Waals surface area (Å²) in [4.78, 5) is 35.0. The summed E-state index contributed by atoms with van der Waals surface area (Å²) in [6.07, 6.45) is -4.76. The number of carbonyl (C=O) groups excluding carboxylic acids is 2. The average molecular weight is 471 g/mol. The van der Waals surface area contributed by atoms with E-state index in [9.17, 15) is 32.9 Å². The maximum atomic E-state index is 12.8. The predicted octanol–water partition coefficient (Wildman–Crippen LogP) is 3.90. The third-order valence-corrected chi connectivity index (χ3v) is 4.99. The van der Waals surface area contributed by atoms with Crippen LogP contribution in [-0.2, 0) is 27.0 Å². The minimum absolute atomic E-state index is 0.287. The molecule has 1 aromatic carbocycles. The second-order valence-electron chi connectivity index (χ2n) is 7.31. The molecule has 9 nitrogen and oxygen atoms in total. The van der Waals surface area contributed by atoms with Crippen molar-refractivity contribution in [1.29, 1.82) is 0 Å². The third-order valence-electron chi connectivity index (χ3n) is 4.99.